The lowest BCUT2D eigenvalue weighted by Crippen LogP contribution is -3.09. The highest BCUT2D eigenvalue weighted by atomic mass is 127. The van der Waals surface area contributed by atoms with E-state index < -0.39 is 0 Å². The van der Waals surface area contributed by atoms with Gasteiger partial charge < -0.3 is 9.64 Å². The molecule has 0 radical (unpaired) electrons. The first kappa shape index (κ1) is 13.4. The molecule has 3 nitrogen and oxygen atoms in total. The smallest absolute Gasteiger partial charge is 0.319 e. The van der Waals surface area contributed by atoms with E-state index in [0.29, 0.717) is 5.92 Å². The average Bonchev–Trinajstić information content (AvgIpc) is 3.00. The molecule has 4 heteroatoms. The van der Waals surface area contributed by atoms with Gasteiger partial charge in [0.2, 0.25) is 0 Å². The standard InChI is InChI=1S/C15H18INO2/c1-11(16)14(18)19-15(12-5-3-2-4-6-12)10-17-8-7-13(15)9-17/h2-6,11,13H,7-10H2,1H3/p+1. The maximum Gasteiger partial charge on any atom is 0.319 e. The van der Waals surface area contributed by atoms with Gasteiger partial charge in [0, 0.05) is 12.0 Å². The van der Waals surface area contributed by atoms with Crippen LogP contribution in [-0.4, -0.2) is 29.5 Å². The van der Waals surface area contributed by atoms with Crippen molar-refractivity contribution in [3.8, 4) is 0 Å². The third-order valence-electron chi connectivity index (χ3n) is 4.42. The molecule has 2 fully saturated rings. The summed E-state index contributed by atoms with van der Waals surface area (Å²) in [5.41, 5.74) is 0.783. The van der Waals surface area contributed by atoms with Crippen molar-refractivity contribution >= 4 is 28.6 Å². The van der Waals surface area contributed by atoms with Crippen LogP contribution in [0.15, 0.2) is 30.3 Å². The minimum Gasteiger partial charge on any atom is -0.447 e. The summed E-state index contributed by atoms with van der Waals surface area (Å²) < 4.78 is 5.92. The highest BCUT2D eigenvalue weighted by Gasteiger charge is 2.58. The molecule has 1 aromatic rings. The van der Waals surface area contributed by atoms with Gasteiger partial charge in [-0.2, -0.15) is 0 Å². The Labute approximate surface area is 127 Å². The molecule has 19 heavy (non-hydrogen) atoms. The molecule has 1 aromatic carbocycles. The predicted octanol–water partition coefficient (Wildman–Crippen LogP) is 1.17. The van der Waals surface area contributed by atoms with Crippen LogP contribution in [0.3, 0.4) is 0 Å². The zero-order valence-electron chi connectivity index (χ0n) is 11.1. The van der Waals surface area contributed by atoms with Gasteiger partial charge in [-0.05, 0) is 6.92 Å². The maximum absolute atomic E-state index is 12.1. The lowest BCUT2D eigenvalue weighted by atomic mass is 9.81. The number of esters is 1. The quantitative estimate of drug-likeness (QED) is 0.491. The van der Waals surface area contributed by atoms with E-state index in [1.54, 1.807) is 4.90 Å². The number of piperidine rings is 1. The van der Waals surface area contributed by atoms with Gasteiger partial charge in [0.1, 0.15) is 10.5 Å². The number of rotatable bonds is 3. The molecular weight excluding hydrogens is 353 g/mol. The number of hydrogen-bond acceptors (Lipinski definition) is 2. The number of carbonyl (C=O) groups is 1. The van der Waals surface area contributed by atoms with Crippen molar-refractivity contribution in [2.24, 2.45) is 5.92 Å². The Balaban J connectivity index is 1.95. The molecule has 2 aliphatic rings. The van der Waals surface area contributed by atoms with Gasteiger partial charge in [0.05, 0.1) is 19.0 Å². The number of halogens is 1. The second kappa shape index (κ2) is 5.05. The molecule has 0 aliphatic carbocycles. The molecule has 2 aliphatic heterocycles. The van der Waals surface area contributed by atoms with Crippen LogP contribution in [0.5, 0.6) is 0 Å². The second-order valence-corrected chi connectivity index (χ2v) is 7.53. The molecule has 0 amide bonds. The number of alkyl halides is 1. The molecule has 3 rings (SSSR count). The third kappa shape index (κ3) is 2.29. The van der Waals surface area contributed by atoms with E-state index in [4.69, 9.17) is 4.74 Å². The fraction of sp³-hybridized carbons (Fsp3) is 0.533. The molecule has 1 N–H and O–H groups in total. The summed E-state index contributed by atoms with van der Waals surface area (Å²) >= 11 is 2.13. The van der Waals surface area contributed by atoms with Crippen molar-refractivity contribution in [1.82, 2.24) is 0 Å². The number of hydrogen-bond donors (Lipinski definition) is 1. The van der Waals surface area contributed by atoms with Crippen LogP contribution in [-0.2, 0) is 15.1 Å². The topological polar surface area (TPSA) is 30.7 Å². The molecule has 0 aromatic heterocycles. The van der Waals surface area contributed by atoms with Crippen LogP contribution in [0.1, 0.15) is 18.9 Å². The Hall–Kier alpha value is -0.620. The molecular formula is C15H19INO2+. The fourth-order valence-electron chi connectivity index (χ4n) is 3.50. The minimum absolute atomic E-state index is 0.0856. The van der Waals surface area contributed by atoms with Crippen molar-refractivity contribution in [1.29, 1.82) is 0 Å². The monoisotopic (exact) mass is 372 g/mol. The molecule has 2 heterocycles. The molecule has 2 saturated heterocycles. The first-order valence-electron chi connectivity index (χ1n) is 6.88. The SMILES string of the molecule is CC(I)C(=O)OC1(c2ccccc2)C[NH+]2CCC1C2. The van der Waals surface area contributed by atoms with Crippen LogP contribution >= 0.6 is 22.6 Å². The van der Waals surface area contributed by atoms with Crippen LogP contribution in [0.4, 0.5) is 0 Å². The van der Waals surface area contributed by atoms with Gasteiger partial charge in [-0.1, -0.05) is 52.9 Å². The van der Waals surface area contributed by atoms with E-state index in [1.807, 2.05) is 25.1 Å². The first-order chi connectivity index (χ1) is 9.12. The van der Waals surface area contributed by atoms with Crippen molar-refractivity contribution in [3.63, 3.8) is 0 Å². The second-order valence-electron chi connectivity index (χ2n) is 5.66. The zero-order chi connectivity index (χ0) is 13.5. The molecule has 102 valence electrons. The van der Waals surface area contributed by atoms with E-state index in [0.717, 1.165) is 19.5 Å². The fourth-order valence-corrected chi connectivity index (χ4v) is 3.63. The summed E-state index contributed by atoms with van der Waals surface area (Å²) in [6.45, 7) is 5.17. The summed E-state index contributed by atoms with van der Waals surface area (Å²) in [5.74, 6) is 0.390. The minimum atomic E-state index is -0.384. The Morgan fingerprint density at radius 2 is 2.21 bits per heavy atom. The number of ether oxygens (including phenoxy) is 1. The number of fused-ring (bicyclic) bond motifs is 2. The lowest BCUT2D eigenvalue weighted by Gasteiger charge is -2.35. The van der Waals surface area contributed by atoms with Crippen molar-refractivity contribution in [2.45, 2.75) is 22.9 Å². The first-order valence-corrected chi connectivity index (χ1v) is 8.12. The van der Waals surface area contributed by atoms with Crippen LogP contribution in [0.2, 0.25) is 0 Å². The summed E-state index contributed by atoms with van der Waals surface area (Å²) in [6, 6.07) is 10.3. The van der Waals surface area contributed by atoms with Gasteiger partial charge in [-0.15, -0.1) is 0 Å². The summed E-state index contributed by atoms with van der Waals surface area (Å²) in [7, 11) is 0. The Kier molecular flexibility index (Phi) is 3.55. The predicted molar refractivity (Wildman–Crippen MR) is 81.4 cm³/mol. The van der Waals surface area contributed by atoms with Gasteiger partial charge in [-0.25, -0.2) is 0 Å². The van der Waals surface area contributed by atoms with Crippen LogP contribution in [0.25, 0.3) is 0 Å². The van der Waals surface area contributed by atoms with Gasteiger partial charge >= 0.3 is 5.97 Å². The van der Waals surface area contributed by atoms with Crippen molar-refractivity contribution < 1.29 is 14.4 Å². The number of benzene rings is 1. The van der Waals surface area contributed by atoms with E-state index in [9.17, 15) is 4.79 Å². The third-order valence-corrected chi connectivity index (χ3v) is 4.93. The normalized spacial score (nSPS) is 34.2. The maximum atomic E-state index is 12.1. The molecule has 2 bridgehead atoms. The Bertz CT molecular complexity index is 476. The molecule has 0 spiro atoms. The van der Waals surface area contributed by atoms with Crippen LogP contribution < -0.4 is 4.90 Å². The Morgan fingerprint density at radius 1 is 1.47 bits per heavy atom. The molecule has 4 unspecified atom stereocenters. The van der Waals surface area contributed by atoms with Gasteiger partial charge in [0.25, 0.3) is 0 Å². The molecule has 0 saturated carbocycles. The average molecular weight is 372 g/mol. The van der Waals surface area contributed by atoms with E-state index in [-0.39, 0.29) is 15.5 Å². The highest BCUT2D eigenvalue weighted by Crippen LogP contribution is 2.39. The number of quaternary nitrogens is 1. The highest BCUT2D eigenvalue weighted by molar-refractivity contribution is 14.1. The lowest BCUT2D eigenvalue weighted by molar-refractivity contribution is -0.883. The summed E-state index contributed by atoms with van der Waals surface area (Å²) in [6.07, 6.45) is 1.16. The molecule has 4 atom stereocenters. The van der Waals surface area contributed by atoms with Gasteiger partial charge in [0.15, 0.2) is 5.60 Å². The van der Waals surface area contributed by atoms with Crippen molar-refractivity contribution in [2.75, 3.05) is 19.6 Å². The number of carbonyl (C=O) groups excluding carboxylic acids is 1. The number of nitrogens with one attached hydrogen (secondary N) is 1. The van der Waals surface area contributed by atoms with Crippen molar-refractivity contribution in [3.05, 3.63) is 35.9 Å². The van der Waals surface area contributed by atoms with Crippen LogP contribution in [0, 0.1) is 5.92 Å². The van der Waals surface area contributed by atoms with E-state index >= 15 is 0 Å². The largest absolute Gasteiger partial charge is 0.447 e. The van der Waals surface area contributed by atoms with Gasteiger partial charge in [-0.3, -0.25) is 4.79 Å². The Morgan fingerprint density at radius 3 is 2.74 bits per heavy atom. The van der Waals surface area contributed by atoms with E-state index in [1.165, 1.54) is 12.1 Å². The zero-order valence-corrected chi connectivity index (χ0v) is 13.2. The van der Waals surface area contributed by atoms with E-state index in [2.05, 4.69) is 34.7 Å². The summed E-state index contributed by atoms with van der Waals surface area (Å²) in [5, 5.41) is 0. The summed E-state index contributed by atoms with van der Waals surface area (Å²) in [4.78, 5) is 13.7.